The molecule has 6 rings (SSSR count). The molecule has 4 fully saturated rings. The molecule has 0 aromatic carbocycles. The molecule has 0 saturated heterocycles. The van der Waals surface area contributed by atoms with Crippen LogP contribution in [0.15, 0.2) is 24.4 Å². The number of rotatable bonds is 4. The summed E-state index contributed by atoms with van der Waals surface area (Å²) in [6.45, 7) is 2.06. The number of hydrogen-bond donors (Lipinski definition) is 2. The number of aliphatic hydroxyl groups is 1. The number of amides is 1. The fourth-order valence-electron chi connectivity index (χ4n) is 6.31. The molecule has 4 aliphatic rings. The van der Waals surface area contributed by atoms with Gasteiger partial charge in [-0.2, -0.15) is 5.10 Å². The highest BCUT2D eigenvalue weighted by molar-refractivity contribution is 5.91. The highest BCUT2D eigenvalue weighted by Crippen LogP contribution is 2.58. The van der Waals surface area contributed by atoms with Gasteiger partial charge in [0.2, 0.25) is 0 Å². The molecule has 2 aromatic heterocycles. The Morgan fingerprint density at radius 3 is 2.61 bits per heavy atom. The highest BCUT2D eigenvalue weighted by atomic mass is 16.3. The Kier molecular flexibility index (Phi) is 3.81. The maximum atomic E-state index is 11.7. The van der Waals surface area contributed by atoms with Gasteiger partial charge in [-0.1, -0.05) is 6.07 Å². The zero-order chi connectivity index (χ0) is 19.6. The third kappa shape index (κ3) is 2.64. The van der Waals surface area contributed by atoms with Crippen LogP contribution in [0.5, 0.6) is 0 Å². The average molecular weight is 381 g/mol. The summed E-state index contributed by atoms with van der Waals surface area (Å²) in [5.41, 5.74) is 6.34. The first-order chi connectivity index (χ1) is 13.3. The van der Waals surface area contributed by atoms with Gasteiger partial charge in [0.05, 0.1) is 5.60 Å². The van der Waals surface area contributed by atoms with Gasteiger partial charge in [-0.25, -0.2) is 4.98 Å². The maximum Gasteiger partial charge on any atom is 0.269 e. The lowest BCUT2D eigenvalue weighted by atomic mass is 9.52. The van der Waals surface area contributed by atoms with Crippen molar-refractivity contribution in [1.82, 2.24) is 14.8 Å². The lowest BCUT2D eigenvalue weighted by molar-refractivity contribution is -0.132. The van der Waals surface area contributed by atoms with Crippen LogP contribution >= 0.6 is 0 Å². The summed E-state index contributed by atoms with van der Waals surface area (Å²) in [7, 11) is 1.84. The van der Waals surface area contributed by atoms with Crippen molar-refractivity contribution in [3.8, 4) is 0 Å². The van der Waals surface area contributed by atoms with E-state index in [2.05, 4.69) is 23.0 Å². The third-order valence-corrected chi connectivity index (χ3v) is 7.05. The fraction of sp³-hybridized carbons (Fsp3) is 0.571. The van der Waals surface area contributed by atoms with Gasteiger partial charge in [0.1, 0.15) is 11.6 Å². The number of carbonyl (C=O) groups is 1. The van der Waals surface area contributed by atoms with E-state index in [4.69, 9.17) is 10.7 Å². The normalized spacial score (nSPS) is 33.2. The van der Waals surface area contributed by atoms with Gasteiger partial charge in [0.25, 0.3) is 5.91 Å². The van der Waals surface area contributed by atoms with E-state index < -0.39 is 11.5 Å². The first-order valence-electron chi connectivity index (χ1n) is 10.1. The number of primary amides is 1. The molecule has 0 aliphatic heterocycles. The van der Waals surface area contributed by atoms with Crippen LogP contribution in [0.3, 0.4) is 0 Å². The molecule has 148 valence electrons. The summed E-state index contributed by atoms with van der Waals surface area (Å²) in [6, 6.07) is 6.01. The topological polar surface area (TPSA) is 97.3 Å². The molecule has 4 aliphatic carbocycles. The third-order valence-electron chi connectivity index (χ3n) is 7.05. The molecule has 0 spiro atoms. The Balaban J connectivity index is 1.64. The van der Waals surface area contributed by atoms with Crippen LogP contribution in [0.2, 0.25) is 0 Å². The van der Waals surface area contributed by atoms with Gasteiger partial charge in [-0.3, -0.25) is 9.48 Å². The molecule has 28 heavy (non-hydrogen) atoms. The quantitative estimate of drug-likeness (QED) is 0.847. The van der Waals surface area contributed by atoms with Crippen molar-refractivity contribution in [3.63, 3.8) is 0 Å². The zero-order valence-corrected chi connectivity index (χ0v) is 16.4. The van der Waals surface area contributed by atoms with Crippen LogP contribution in [0.4, 0.5) is 11.6 Å². The Hall–Kier alpha value is -2.41. The van der Waals surface area contributed by atoms with Gasteiger partial charge in [0, 0.05) is 25.4 Å². The second kappa shape index (κ2) is 6.04. The predicted molar refractivity (Wildman–Crippen MR) is 105 cm³/mol. The number of anilines is 2. The van der Waals surface area contributed by atoms with Crippen molar-refractivity contribution in [2.45, 2.75) is 50.7 Å². The molecule has 2 unspecified atom stereocenters. The molecule has 4 bridgehead atoms. The van der Waals surface area contributed by atoms with Crippen LogP contribution in [0, 0.1) is 24.7 Å². The smallest absolute Gasteiger partial charge is 0.269 e. The van der Waals surface area contributed by atoms with Crippen LogP contribution in [-0.2, 0) is 7.05 Å². The van der Waals surface area contributed by atoms with Crippen LogP contribution in [0.1, 0.15) is 48.2 Å². The zero-order valence-electron chi connectivity index (χ0n) is 16.4. The number of nitrogens with zero attached hydrogens (tertiary/aromatic N) is 4. The van der Waals surface area contributed by atoms with E-state index in [1.54, 1.807) is 10.7 Å². The number of pyridine rings is 1. The van der Waals surface area contributed by atoms with Gasteiger partial charge in [-0.15, -0.1) is 0 Å². The first kappa shape index (κ1) is 17.7. The van der Waals surface area contributed by atoms with Crippen molar-refractivity contribution >= 4 is 17.5 Å². The summed E-state index contributed by atoms with van der Waals surface area (Å²) in [4.78, 5) is 18.7. The van der Waals surface area contributed by atoms with E-state index in [9.17, 15) is 9.90 Å². The molecular weight excluding hydrogens is 354 g/mol. The SMILES string of the molecule is Cc1cccnc1N(c1cc(C(N)=O)nn1C)C1C2CC3CC1CC(O)(C3)C2. The Morgan fingerprint density at radius 1 is 1.32 bits per heavy atom. The lowest BCUT2D eigenvalue weighted by Gasteiger charge is -2.60. The minimum absolute atomic E-state index is 0.238. The van der Waals surface area contributed by atoms with Crippen molar-refractivity contribution in [2.24, 2.45) is 30.5 Å². The number of nitrogens with two attached hydrogens (primary N) is 1. The molecular formula is C21H27N5O2. The largest absolute Gasteiger partial charge is 0.390 e. The Morgan fingerprint density at radius 2 is 2.04 bits per heavy atom. The molecule has 2 heterocycles. The molecule has 7 nitrogen and oxygen atoms in total. The minimum atomic E-state index is -0.529. The number of hydrogen-bond acceptors (Lipinski definition) is 5. The molecule has 4 saturated carbocycles. The maximum absolute atomic E-state index is 11.7. The minimum Gasteiger partial charge on any atom is -0.390 e. The van der Waals surface area contributed by atoms with E-state index in [0.29, 0.717) is 17.8 Å². The predicted octanol–water partition coefficient (Wildman–Crippen LogP) is 2.30. The van der Waals surface area contributed by atoms with E-state index in [1.165, 1.54) is 0 Å². The van der Waals surface area contributed by atoms with Gasteiger partial charge in [-0.05, 0) is 68.4 Å². The van der Waals surface area contributed by atoms with E-state index in [-0.39, 0.29) is 11.7 Å². The van der Waals surface area contributed by atoms with Crippen LogP contribution in [-0.4, -0.2) is 37.4 Å². The Bertz CT molecular complexity index is 923. The molecule has 0 radical (unpaired) electrons. The molecule has 3 N–H and O–H groups in total. The molecule has 2 atom stereocenters. The summed E-state index contributed by atoms with van der Waals surface area (Å²) >= 11 is 0. The van der Waals surface area contributed by atoms with Crippen molar-refractivity contribution in [1.29, 1.82) is 0 Å². The summed E-state index contributed by atoms with van der Waals surface area (Å²) in [5.74, 6) is 2.64. The van der Waals surface area contributed by atoms with Crippen LogP contribution in [0.25, 0.3) is 0 Å². The average Bonchev–Trinajstić information content (AvgIpc) is 2.99. The van der Waals surface area contributed by atoms with Crippen molar-refractivity contribution in [2.75, 3.05) is 4.90 Å². The van der Waals surface area contributed by atoms with Gasteiger partial charge < -0.3 is 15.7 Å². The number of aryl methyl sites for hydroxylation is 2. The van der Waals surface area contributed by atoms with Crippen molar-refractivity contribution < 1.29 is 9.90 Å². The summed E-state index contributed by atoms with van der Waals surface area (Å²) < 4.78 is 1.73. The highest BCUT2D eigenvalue weighted by Gasteiger charge is 2.56. The number of carbonyl (C=O) groups excluding carboxylic acids is 1. The van der Waals surface area contributed by atoms with E-state index in [0.717, 1.165) is 49.3 Å². The molecule has 2 aromatic rings. The summed E-state index contributed by atoms with van der Waals surface area (Å²) in [6.07, 6.45) is 6.73. The van der Waals surface area contributed by atoms with Crippen LogP contribution < -0.4 is 10.6 Å². The molecule has 7 heteroatoms. The number of aromatic nitrogens is 3. The second-order valence-corrected chi connectivity index (χ2v) is 9.07. The lowest BCUT2D eigenvalue weighted by Crippen LogP contribution is -2.61. The monoisotopic (exact) mass is 381 g/mol. The molecule has 1 amide bonds. The van der Waals surface area contributed by atoms with Crippen molar-refractivity contribution in [3.05, 3.63) is 35.7 Å². The Labute approximate surface area is 164 Å². The second-order valence-electron chi connectivity index (χ2n) is 9.07. The standard InChI is InChI=1S/C21H27N5O2/c1-12-4-3-5-23-20(12)26(17-8-16(19(22)27)24-25(17)2)18-14-6-13-7-15(18)11-21(28,9-13)10-14/h3-5,8,13-15,18,28H,6-7,9-11H2,1-2H3,(H2,22,27). The summed E-state index contributed by atoms with van der Waals surface area (Å²) in [5, 5.41) is 15.4. The fourth-order valence-corrected chi connectivity index (χ4v) is 6.31. The van der Waals surface area contributed by atoms with E-state index in [1.807, 2.05) is 19.3 Å². The van der Waals surface area contributed by atoms with E-state index >= 15 is 0 Å². The van der Waals surface area contributed by atoms with Gasteiger partial charge >= 0.3 is 0 Å². The van der Waals surface area contributed by atoms with Gasteiger partial charge in [0.15, 0.2) is 5.69 Å². The first-order valence-corrected chi connectivity index (χ1v) is 10.1.